The standard InChI is InChI=1S/C30H42N4O3/c1-8-20-34(30(37)28(11-4)22(5)31-7)23(6)29(36)33-26(10-3)17-14-24(9-2)12-13-25-15-18-27(19-16-25)32-21-35/h9-19,21-23,31H,8,20H2,1-7H3,(H,32,35)(H,33,36)/b13-12+,17-14-,24-9-,26-10+,28-11+. The van der Waals surface area contributed by atoms with Crippen molar-refractivity contribution < 1.29 is 14.4 Å². The third kappa shape index (κ3) is 10.1. The average molecular weight is 507 g/mol. The second kappa shape index (κ2) is 16.9. The molecule has 0 fully saturated rings. The minimum absolute atomic E-state index is 0.112. The third-order valence-corrected chi connectivity index (χ3v) is 6.00. The van der Waals surface area contributed by atoms with Crippen LogP contribution in [-0.2, 0) is 14.4 Å². The van der Waals surface area contributed by atoms with Crippen molar-refractivity contribution >= 4 is 30.0 Å². The second-order valence-corrected chi connectivity index (χ2v) is 8.50. The minimum Gasteiger partial charge on any atom is -0.329 e. The highest BCUT2D eigenvalue weighted by Crippen LogP contribution is 2.14. The number of hydrogen-bond acceptors (Lipinski definition) is 4. The zero-order chi connectivity index (χ0) is 27.8. The second-order valence-electron chi connectivity index (χ2n) is 8.50. The number of carbonyl (C=O) groups is 3. The molecular weight excluding hydrogens is 464 g/mol. The Morgan fingerprint density at radius 3 is 2.16 bits per heavy atom. The summed E-state index contributed by atoms with van der Waals surface area (Å²) in [6, 6.07) is 6.75. The quantitative estimate of drug-likeness (QED) is 0.189. The summed E-state index contributed by atoms with van der Waals surface area (Å²) in [5.41, 5.74) is 3.97. The van der Waals surface area contributed by atoms with E-state index in [1.807, 2.05) is 102 Å². The van der Waals surface area contributed by atoms with E-state index in [1.54, 1.807) is 17.9 Å². The van der Waals surface area contributed by atoms with Gasteiger partial charge in [-0.05, 0) is 77.4 Å². The molecule has 2 unspecified atom stereocenters. The maximum absolute atomic E-state index is 13.2. The first kappa shape index (κ1) is 31.3. The van der Waals surface area contributed by atoms with Crippen molar-refractivity contribution in [2.45, 2.75) is 60.0 Å². The van der Waals surface area contributed by atoms with E-state index >= 15 is 0 Å². The first-order valence-electron chi connectivity index (χ1n) is 12.7. The highest BCUT2D eigenvalue weighted by Gasteiger charge is 2.28. The predicted molar refractivity (Wildman–Crippen MR) is 154 cm³/mol. The number of nitrogens with zero attached hydrogens (tertiary/aromatic N) is 1. The van der Waals surface area contributed by atoms with E-state index < -0.39 is 6.04 Å². The van der Waals surface area contributed by atoms with E-state index in [-0.39, 0.29) is 17.9 Å². The Kier molecular flexibility index (Phi) is 14.3. The van der Waals surface area contributed by atoms with E-state index in [0.717, 1.165) is 23.2 Å². The van der Waals surface area contributed by atoms with Crippen LogP contribution in [-0.4, -0.2) is 48.8 Å². The molecule has 0 aromatic heterocycles. The molecule has 0 saturated heterocycles. The van der Waals surface area contributed by atoms with E-state index in [4.69, 9.17) is 0 Å². The van der Waals surface area contributed by atoms with Gasteiger partial charge < -0.3 is 20.9 Å². The van der Waals surface area contributed by atoms with Gasteiger partial charge >= 0.3 is 0 Å². The highest BCUT2D eigenvalue weighted by atomic mass is 16.2. The van der Waals surface area contributed by atoms with Crippen LogP contribution in [0.15, 0.2) is 77.6 Å². The number of likely N-dealkylation sites (N-methyl/N-ethyl adjacent to an activating group) is 1. The fourth-order valence-electron chi connectivity index (χ4n) is 3.58. The molecule has 3 N–H and O–H groups in total. The first-order chi connectivity index (χ1) is 17.8. The van der Waals surface area contributed by atoms with Crippen LogP contribution in [0.4, 0.5) is 5.69 Å². The number of carbonyl (C=O) groups excluding carboxylic acids is 3. The van der Waals surface area contributed by atoms with Crippen LogP contribution in [0, 0.1) is 0 Å². The van der Waals surface area contributed by atoms with Gasteiger partial charge in [0, 0.05) is 29.5 Å². The molecule has 0 aliphatic carbocycles. The SMILES string of the molecule is C/C=C(\C=C/C(=C\C)NC(=O)C(C)N(CCC)C(=O)/C(=C/C)C(C)NC)/C=C/c1ccc(NC=O)cc1. The Bertz CT molecular complexity index is 1050. The molecule has 0 spiro atoms. The van der Waals surface area contributed by atoms with Gasteiger partial charge in [0.05, 0.1) is 0 Å². The molecule has 37 heavy (non-hydrogen) atoms. The lowest BCUT2D eigenvalue weighted by molar-refractivity contribution is -0.137. The zero-order valence-corrected chi connectivity index (χ0v) is 23.2. The molecule has 2 atom stereocenters. The van der Waals surface area contributed by atoms with Crippen LogP contribution in [0.5, 0.6) is 0 Å². The molecule has 0 aliphatic rings. The topological polar surface area (TPSA) is 90.5 Å². The first-order valence-corrected chi connectivity index (χ1v) is 12.7. The summed E-state index contributed by atoms with van der Waals surface area (Å²) in [7, 11) is 1.81. The summed E-state index contributed by atoms with van der Waals surface area (Å²) < 4.78 is 0. The van der Waals surface area contributed by atoms with Gasteiger partial charge in [-0.25, -0.2) is 0 Å². The third-order valence-electron chi connectivity index (χ3n) is 6.00. The molecular formula is C30H42N4O3. The van der Waals surface area contributed by atoms with Gasteiger partial charge in [0.15, 0.2) is 0 Å². The van der Waals surface area contributed by atoms with E-state index in [1.165, 1.54) is 0 Å². The largest absolute Gasteiger partial charge is 0.329 e. The number of anilines is 1. The van der Waals surface area contributed by atoms with Gasteiger partial charge in [-0.1, -0.05) is 55.5 Å². The number of rotatable bonds is 14. The van der Waals surface area contributed by atoms with Crippen molar-refractivity contribution in [1.82, 2.24) is 15.5 Å². The molecule has 0 radical (unpaired) electrons. The summed E-state index contributed by atoms with van der Waals surface area (Å²) in [6.45, 7) is 11.8. The average Bonchev–Trinajstić information content (AvgIpc) is 2.91. The smallest absolute Gasteiger partial charge is 0.251 e. The van der Waals surface area contributed by atoms with Crippen molar-refractivity contribution in [3.63, 3.8) is 0 Å². The van der Waals surface area contributed by atoms with E-state index in [0.29, 0.717) is 24.2 Å². The van der Waals surface area contributed by atoms with Gasteiger partial charge in [-0.3, -0.25) is 14.4 Å². The van der Waals surface area contributed by atoms with Gasteiger partial charge in [-0.15, -0.1) is 0 Å². The van der Waals surface area contributed by atoms with Crippen molar-refractivity contribution in [3.05, 3.63) is 83.1 Å². The highest BCUT2D eigenvalue weighted by molar-refractivity contribution is 5.98. The summed E-state index contributed by atoms with van der Waals surface area (Å²) in [4.78, 5) is 38.5. The summed E-state index contributed by atoms with van der Waals surface area (Å²) >= 11 is 0. The van der Waals surface area contributed by atoms with Gasteiger partial charge in [0.1, 0.15) is 6.04 Å². The summed E-state index contributed by atoms with van der Waals surface area (Å²) in [6.07, 6.45) is 14.7. The Morgan fingerprint density at radius 1 is 0.973 bits per heavy atom. The van der Waals surface area contributed by atoms with Crippen LogP contribution in [0.3, 0.4) is 0 Å². The van der Waals surface area contributed by atoms with Crippen LogP contribution < -0.4 is 16.0 Å². The molecule has 1 rings (SSSR count). The molecule has 7 heteroatoms. The molecule has 3 amide bonds. The van der Waals surface area contributed by atoms with Crippen LogP contribution >= 0.6 is 0 Å². The number of allylic oxidation sites excluding steroid dienone is 7. The van der Waals surface area contributed by atoms with Crippen LogP contribution in [0.2, 0.25) is 0 Å². The summed E-state index contributed by atoms with van der Waals surface area (Å²) in [5, 5.41) is 8.67. The molecule has 1 aromatic carbocycles. The molecule has 0 heterocycles. The monoisotopic (exact) mass is 506 g/mol. The fourth-order valence-corrected chi connectivity index (χ4v) is 3.58. The molecule has 0 bridgehead atoms. The lowest BCUT2D eigenvalue weighted by atomic mass is 10.1. The minimum atomic E-state index is -0.632. The number of amides is 3. The predicted octanol–water partition coefficient (Wildman–Crippen LogP) is 4.97. The fraction of sp³-hybridized carbons (Fsp3) is 0.367. The van der Waals surface area contributed by atoms with Gasteiger partial charge in [0.2, 0.25) is 12.3 Å². The molecule has 7 nitrogen and oxygen atoms in total. The normalized spacial score (nSPS) is 14.5. The lowest BCUT2D eigenvalue weighted by Gasteiger charge is -2.30. The summed E-state index contributed by atoms with van der Waals surface area (Å²) in [5.74, 6) is -0.378. The van der Waals surface area contributed by atoms with E-state index in [2.05, 4.69) is 16.0 Å². The Balaban J connectivity index is 2.93. The van der Waals surface area contributed by atoms with Gasteiger partial charge in [0.25, 0.3) is 5.91 Å². The maximum atomic E-state index is 13.2. The van der Waals surface area contributed by atoms with Crippen molar-refractivity contribution in [3.8, 4) is 0 Å². The Morgan fingerprint density at radius 2 is 1.65 bits per heavy atom. The number of nitrogens with one attached hydrogen (secondary N) is 3. The maximum Gasteiger partial charge on any atom is 0.251 e. The van der Waals surface area contributed by atoms with Crippen LogP contribution in [0.25, 0.3) is 6.08 Å². The van der Waals surface area contributed by atoms with Crippen molar-refractivity contribution in [2.24, 2.45) is 0 Å². The van der Waals surface area contributed by atoms with Gasteiger partial charge in [-0.2, -0.15) is 0 Å². The molecule has 200 valence electrons. The molecule has 0 saturated carbocycles. The molecule has 1 aromatic rings. The Labute approximate surface area is 222 Å². The van der Waals surface area contributed by atoms with E-state index in [9.17, 15) is 14.4 Å². The van der Waals surface area contributed by atoms with Crippen molar-refractivity contribution in [1.29, 1.82) is 0 Å². The zero-order valence-electron chi connectivity index (χ0n) is 23.2. The van der Waals surface area contributed by atoms with Crippen LogP contribution in [0.1, 0.15) is 53.5 Å². The Hall–Kier alpha value is -3.71. The van der Waals surface area contributed by atoms with Crippen molar-refractivity contribution in [2.75, 3.05) is 18.9 Å². The molecule has 0 aliphatic heterocycles. The number of benzene rings is 1. The number of hydrogen-bond donors (Lipinski definition) is 3. The lowest BCUT2D eigenvalue weighted by Crippen LogP contribution is -2.50.